The molecule has 0 radical (unpaired) electrons. The molecule has 0 aliphatic heterocycles. The van der Waals surface area contributed by atoms with E-state index in [1.165, 1.54) is 30.7 Å². The topological polar surface area (TPSA) is 69.1 Å². The zero-order chi connectivity index (χ0) is 14.3. The van der Waals surface area contributed by atoms with Gasteiger partial charge in [-0.2, -0.15) is 9.61 Å². The van der Waals surface area contributed by atoms with E-state index < -0.39 is 0 Å². The average Bonchev–Trinajstić information content (AvgIpc) is 2.96. The minimum absolute atomic E-state index is 0.0371. The number of fused-ring (bicyclic) bond motifs is 1. The van der Waals surface area contributed by atoms with Crippen LogP contribution in [0.1, 0.15) is 63.2 Å². The molecule has 5 nitrogen and oxygen atoms in total. The van der Waals surface area contributed by atoms with Gasteiger partial charge < -0.3 is 5.73 Å². The van der Waals surface area contributed by atoms with Crippen molar-refractivity contribution >= 4 is 16.3 Å². The molecule has 0 bridgehead atoms. The van der Waals surface area contributed by atoms with Crippen LogP contribution in [0.2, 0.25) is 0 Å². The molecular weight excluding hydrogens is 270 g/mol. The van der Waals surface area contributed by atoms with Crippen molar-refractivity contribution in [2.45, 2.75) is 57.8 Å². The average molecular weight is 293 g/mol. The second-order valence-electron chi connectivity index (χ2n) is 6.80. The van der Waals surface area contributed by atoms with Crippen LogP contribution in [0.4, 0.5) is 0 Å². The molecule has 110 valence electrons. The Kier molecular flexibility index (Phi) is 3.54. The van der Waals surface area contributed by atoms with Gasteiger partial charge in [0.15, 0.2) is 5.82 Å². The molecule has 1 aliphatic rings. The Balaban J connectivity index is 1.98. The fourth-order valence-corrected chi connectivity index (χ4v) is 4.13. The minimum atomic E-state index is -0.0371. The fraction of sp³-hybridized carbons (Fsp3) is 0.786. The predicted octanol–water partition coefficient (Wildman–Crippen LogP) is 2.72. The summed E-state index contributed by atoms with van der Waals surface area (Å²) < 4.78 is 1.93. The molecule has 2 aromatic rings. The molecule has 2 atom stereocenters. The highest BCUT2D eigenvalue weighted by Crippen LogP contribution is 2.39. The molecule has 1 saturated carbocycles. The molecule has 0 amide bonds. The normalized spacial score (nSPS) is 24.4. The fourth-order valence-electron chi connectivity index (χ4n) is 3.06. The van der Waals surface area contributed by atoms with E-state index in [1.54, 1.807) is 11.3 Å². The SMILES string of the molecule is CC(C)(C)c1nnc2sc(C3CCCCC3CN)nn12. The first-order valence-electron chi connectivity index (χ1n) is 7.43. The first kappa shape index (κ1) is 13.9. The van der Waals surface area contributed by atoms with Gasteiger partial charge in [0.05, 0.1) is 0 Å². The summed E-state index contributed by atoms with van der Waals surface area (Å²) in [5, 5.41) is 14.6. The van der Waals surface area contributed by atoms with Crippen molar-refractivity contribution in [1.82, 2.24) is 19.8 Å². The molecule has 0 aromatic carbocycles. The van der Waals surface area contributed by atoms with Crippen molar-refractivity contribution in [3.8, 4) is 0 Å². The van der Waals surface area contributed by atoms with Crippen molar-refractivity contribution in [1.29, 1.82) is 0 Å². The van der Waals surface area contributed by atoms with E-state index in [0.29, 0.717) is 11.8 Å². The van der Waals surface area contributed by atoms with Crippen LogP contribution in [0, 0.1) is 5.92 Å². The Morgan fingerprint density at radius 1 is 1.25 bits per heavy atom. The molecule has 0 saturated heterocycles. The van der Waals surface area contributed by atoms with Crippen LogP contribution in [0.3, 0.4) is 0 Å². The molecule has 1 aliphatic carbocycles. The second-order valence-corrected chi connectivity index (χ2v) is 7.78. The van der Waals surface area contributed by atoms with Gasteiger partial charge in [-0.15, -0.1) is 10.2 Å². The molecular formula is C14H23N5S. The lowest BCUT2D eigenvalue weighted by Crippen LogP contribution is -2.25. The van der Waals surface area contributed by atoms with Crippen LogP contribution in [0.25, 0.3) is 4.96 Å². The molecule has 1 fully saturated rings. The van der Waals surface area contributed by atoms with Crippen molar-refractivity contribution in [3.05, 3.63) is 10.8 Å². The molecule has 2 heterocycles. The molecule has 0 spiro atoms. The standard InChI is InChI=1S/C14H23N5S/c1-14(2,3)12-16-17-13-19(12)18-11(20-13)10-7-5-4-6-9(10)8-15/h9-10H,4-8,15H2,1-3H3. The van der Waals surface area contributed by atoms with Gasteiger partial charge in [0.2, 0.25) is 4.96 Å². The van der Waals surface area contributed by atoms with Gasteiger partial charge in [0.1, 0.15) is 5.01 Å². The molecule has 2 unspecified atom stereocenters. The predicted molar refractivity (Wildman–Crippen MR) is 81.1 cm³/mol. The molecule has 2 N–H and O–H groups in total. The lowest BCUT2D eigenvalue weighted by atomic mass is 9.80. The number of hydrogen-bond acceptors (Lipinski definition) is 5. The van der Waals surface area contributed by atoms with Gasteiger partial charge in [-0.05, 0) is 25.3 Å². The van der Waals surface area contributed by atoms with Gasteiger partial charge >= 0.3 is 0 Å². The summed E-state index contributed by atoms with van der Waals surface area (Å²) in [5.74, 6) is 2.02. The Morgan fingerprint density at radius 3 is 2.70 bits per heavy atom. The lowest BCUT2D eigenvalue weighted by molar-refractivity contribution is 0.312. The van der Waals surface area contributed by atoms with Crippen LogP contribution < -0.4 is 5.73 Å². The Hall–Kier alpha value is -1.01. The molecule has 3 rings (SSSR count). The maximum atomic E-state index is 5.94. The third-order valence-electron chi connectivity index (χ3n) is 4.21. The number of nitrogens with two attached hydrogens (primary N) is 1. The Morgan fingerprint density at radius 2 is 2.00 bits per heavy atom. The van der Waals surface area contributed by atoms with E-state index in [4.69, 9.17) is 10.8 Å². The first-order chi connectivity index (χ1) is 9.50. The maximum absolute atomic E-state index is 5.94. The van der Waals surface area contributed by atoms with Gasteiger partial charge in [-0.1, -0.05) is 44.9 Å². The summed E-state index contributed by atoms with van der Waals surface area (Å²) in [6.07, 6.45) is 5.02. The number of aromatic nitrogens is 4. The van der Waals surface area contributed by atoms with Crippen molar-refractivity contribution in [2.75, 3.05) is 6.54 Å². The summed E-state index contributed by atoms with van der Waals surface area (Å²) >= 11 is 1.68. The highest BCUT2D eigenvalue weighted by molar-refractivity contribution is 7.16. The van der Waals surface area contributed by atoms with Gasteiger partial charge in [-0.3, -0.25) is 0 Å². The number of nitrogens with zero attached hydrogens (tertiary/aromatic N) is 4. The third kappa shape index (κ3) is 2.35. The van der Waals surface area contributed by atoms with Crippen molar-refractivity contribution in [2.24, 2.45) is 11.7 Å². The van der Waals surface area contributed by atoms with E-state index in [0.717, 1.165) is 17.3 Å². The summed E-state index contributed by atoms with van der Waals surface area (Å²) in [6, 6.07) is 0. The summed E-state index contributed by atoms with van der Waals surface area (Å²) in [5.41, 5.74) is 5.90. The van der Waals surface area contributed by atoms with E-state index in [1.807, 2.05) is 4.52 Å². The zero-order valence-corrected chi connectivity index (χ0v) is 13.3. The monoisotopic (exact) mass is 293 g/mol. The summed E-state index contributed by atoms with van der Waals surface area (Å²) in [4.78, 5) is 0.909. The van der Waals surface area contributed by atoms with Crippen LogP contribution in [-0.4, -0.2) is 26.4 Å². The second kappa shape index (κ2) is 5.07. The van der Waals surface area contributed by atoms with E-state index >= 15 is 0 Å². The molecule has 20 heavy (non-hydrogen) atoms. The van der Waals surface area contributed by atoms with E-state index in [2.05, 4.69) is 31.0 Å². The van der Waals surface area contributed by atoms with Gasteiger partial charge in [0.25, 0.3) is 0 Å². The quantitative estimate of drug-likeness (QED) is 0.924. The van der Waals surface area contributed by atoms with Crippen LogP contribution in [0.15, 0.2) is 0 Å². The molecule has 6 heteroatoms. The van der Waals surface area contributed by atoms with E-state index in [-0.39, 0.29) is 5.41 Å². The Bertz CT molecular complexity index is 594. The zero-order valence-electron chi connectivity index (χ0n) is 12.5. The van der Waals surface area contributed by atoms with Crippen molar-refractivity contribution in [3.63, 3.8) is 0 Å². The minimum Gasteiger partial charge on any atom is -0.330 e. The lowest BCUT2D eigenvalue weighted by Gasteiger charge is -2.28. The van der Waals surface area contributed by atoms with Gasteiger partial charge in [0, 0.05) is 11.3 Å². The van der Waals surface area contributed by atoms with Gasteiger partial charge in [-0.25, -0.2) is 0 Å². The highest BCUT2D eigenvalue weighted by Gasteiger charge is 2.30. The Labute approximate surface area is 123 Å². The van der Waals surface area contributed by atoms with Crippen LogP contribution >= 0.6 is 11.3 Å². The summed E-state index contributed by atoms with van der Waals surface area (Å²) in [7, 11) is 0. The van der Waals surface area contributed by atoms with E-state index in [9.17, 15) is 0 Å². The first-order valence-corrected chi connectivity index (χ1v) is 8.25. The largest absolute Gasteiger partial charge is 0.330 e. The smallest absolute Gasteiger partial charge is 0.234 e. The summed E-state index contributed by atoms with van der Waals surface area (Å²) in [6.45, 7) is 7.19. The van der Waals surface area contributed by atoms with Crippen LogP contribution in [-0.2, 0) is 5.41 Å². The number of hydrogen-bond donors (Lipinski definition) is 1. The maximum Gasteiger partial charge on any atom is 0.234 e. The highest BCUT2D eigenvalue weighted by atomic mass is 32.1. The van der Waals surface area contributed by atoms with Crippen molar-refractivity contribution < 1.29 is 0 Å². The number of rotatable bonds is 2. The third-order valence-corrected chi connectivity index (χ3v) is 5.24. The molecule has 2 aromatic heterocycles. The van der Waals surface area contributed by atoms with Crippen LogP contribution in [0.5, 0.6) is 0 Å².